The van der Waals surface area contributed by atoms with Crippen LogP contribution in [-0.4, -0.2) is 89.7 Å². The molecule has 0 aromatic heterocycles. The lowest BCUT2D eigenvalue weighted by Crippen LogP contribution is -2.54. The number of piperazine rings is 1. The molecular weight excluding hydrogens is 360 g/mol. The number of benzene rings is 1. The number of hydrogen-bond acceptors (Lipinski definition) is 4. The van der Waals surface area contributed by atoms with E-state index in [0.29, 0.717) is 37.3 Å². The van der Waals surface area contributed by atoms with Crippen molar-refractivity contribution in [1.29, 1.82) is 0 Å². The summed E-state index contributed by atoms with van der Waals surface area (Å²) in [6.45, 7) is 3.56. The van der Waals surface area contributed by atoms with Crippen molar-refractivity contribution in [2.45, 2.75) is 19.3 Å². The van der Waals surface area contributed by atoms with Crippen molar-refractivity contribution < 1.29 is 19.2 Å². The molecule has 0 atom stereocenters. The Morgan fingerprint density at radius 1 is 0.750 bits per heavy atom. The molecular formula is C20H24N4O4. The molecule has 5 amide bonds. The van der Waals surface area contributed by atoms with E-state index in [0.717, 1.165) is 30.8 Å². The van der Waals surface area contributed by atoms with Gasteiger partial charge in [0.25, 0.3) is 17.7 Å². The Bertz CT molecular complexity index is 839. The van der Waals surface area contributed by atoms with E-state index in [1.165, 1.54) is 19.5 Å². The highest BCUT2D eigenvalue weighted by atomic mass is 16.2. The normalized spacial score (nSPS) is 19.9. The Kier molecular flexibility index (Phi) is 4.78. The molecule has 3 aliphatic rings. The maximum Gasteiger partial charge on any atom is 0.320 e. The Balaban J connectivity index is 1.40. The average Bonchev–Trinajstić information content (AvgIpc) is 2.97. The molecule has 0 aliphatic carbocycles. The SMILES string of the molecule is CN1C(=O)c2ccc(C(=O)N3CCN(C(=O)N4CCCCC4)CC3)cc2C1=O. The number of nitrogens with zero attached hydrogens (tertiary/aromatic N) is 4. The molecule has 0 unspecified atom stereocenters. The van der Waals surface area contributed by atoms with Gasteiger partial charge >= 0.3 is 6.03 Å². The predicted octanol–water partition coefficient (Wildman–Crippen LogP) is 1.28. The number of carbonyl (C=O) groups is 4. The first-order valence-corrected chi connectivity index (χ1v) is 9.77. The highest BCUT2D eigenvalue weighted by Gasteiger charge is 2.34. The highest BCUT2D eigenvalue weighted by Crippen LogP contribution is 2.23. The van der Waals surface area contributed by atoms with E-state index in [1.54, 1.807) is 17.0 Å². The number of imide groups is 1. The van der Waals surface area contributed by atoms with E-state index in [4.69, 9.17) is 0 Å². The van der Waals surface area contributed by atoms with Gasteiger partial charge in [-0.1, -0.05) is 0 Å². The maximum atomic E-state index is 12.8. The van der Waals surface area contributed by atoms with Crippen LogP contribution < -0.4 is 0 Å². The summed E-state index contributed by atoms with van der Waals surface area (Å²) in [6.07, 6.45) is 3.29. The summed E-state index contributed by atoms with van der Waals surface area (Å²) in [5, 5.41) is 0. The minimum atomic E-state index is -0.383. The molecule has 148 valence electrons. The molecule has 2 saturated heterocycles. The molecule has 3 heterocycles. The molecule has 2 fully saturated rings. The van der Waals surface area contributed by atoms with Gasteiger partial charge in [0.2, 0.25) is 0 Å². The molecule has 4 rings (SSSR count). The maximum absolute atomic E-state index is 12.8. The topological polar surface area (TPSA) is 81.2 Å². The van der Waals surface area contributed by atoms with Crippen LogP contribution in [0.2, 0.25) is 0 Å². The second-order valence-corrected chi connectivity index (χ2v) is 7.54. The largest absolute Gasteiger partial charge is 0.335 e. The molecule has 0 N–H and O–H groups in total. The van der Waals surface area contributed by atoms with Gasteiger partial charge in [-0.15, -0.1) is 0 Å². The number of hydrogen-bond donors (Lipinski definition) is 0. The lowest BCUT2D eigenvalue weighted by atomic mass is 10.0. The van der Waals surface area contributed by atoms with Crippen molar-refractivity contribution >= 4 is 23.8 Å². The standard InChI is InChI=1S/C20H24N4O4/c1-21-18(26)15-6-5-14(13-16(15)19(21)27)17(25)22-9-11-24(12-10-22)20(28)23-7-3-2-4-8-23/h5-6,13H,2-4,7-12H2,1H3. The average molecular weight is 384 g/mol. The molecule has 0 spiro atoms. The van der Waals surface area contributed by atoms with Gasteiger partial charge in [-0.2, -0.15) is 0 Å². The molecule has 0 bridgehead atoms. The smallest absolute Gasteiger partial charge is 0.320 e. The first kappa shape index (κ1) is 18.5. The summed E-state index contributed by atoms with van der Waals surface area (Å²) in [5.74, 6) is -0.905. The quantitative estimate of drug-likeness (QED) is 0.683. The van der Waals surface area contributed by atoms with Gasteiger partial charge in [-0.3, -0.25) is 19.3 Å². The Hall–Kier alpha value is -2.90. The number of rotatable bonds is 1. The van der Waals surface area contributed by atoms with Crippen molar-refractivity contribution in [2.24, 2.45) is 0 Å². The van der Waals surface area contributed by atoms with Crippen molar-refractivity contribution in [2.75, 3.05) is 46.3 Å². The van der Waals surface area contributed by atoms with Gasteiger partial charge in [0.15, 0.2) is 0 Å². The van der Waals surface area contributed by atoms with E-state index in [9.17, 15) is 19.2 Å². The molecule has 8 heteroatoms. The zero-order chi connectivity index (χ0) is 19.8. The molecule has 0 radical (unpaired) electrons. The summed E-state index contributed by atoms with van der Waals surface area (Å²) >= 11 is 0. The molecule has 1 aromatic carbocycles. The van der Waals surface area contributed by atoms with Gasteiger partial charge in [-0.25, -0.2) is 4.79 Å². The lowest BCUT2D eigenvalue weighted by Gasteiger charge is -2.38. The summed E-state index contributed by atoms with van der Waals surface area (Å²) in [6, 6.07) is 4.71. The fourth-order valence-corrected chi connectivity index (χ4v) is 4.06. The van der Waals surface area contributed by atoms with Gasteiger partial charge in [0.05, 0.1) is 11.1 Å². The number of fused-ring (bicyclic) bond motifs is 1. The number of amides is 5. The van der Waals surface area contributed by atoms with Gasteiger partial charge in [0.1, 0.15) is 0 Å². The fraction of sp³-hybridized carbons (Fsp3) is 0.500. The van der Waals surface area contributed by atoms with Crippen LogP contribution in [0.25, 0.3) is 0 Å². The van der Waals surface area contributed by atoms with Crippen LogP contribution in [0.1, 0.15) is 50.3 Å². The van der Waals surface area contributed by atoms with Crippen molar-refractivity contribution in [1.82, 2.24) is 19.6 Å². The Morgan fingerprint density at radius 3 is 2.00 bits per heavy atom. The Labute approximate surface area is 163 Å². The minimum absolute atomic E-state index is 0.0662. The highest BCUT2D eigenvalue weighted by molar-refractivity contribution is 6.21. The predicted molar refractivity (Wildman–Crippen MR) is 101 cm³/mol. The first-order chi connectivity index (χ1) is 13.5. The van der Waals surface area contributed by atoms with E-state index in [-0.39, 0.29) is 29.3 Å². The van der Waals surface area contributed by atoms with E-state index < -0.39 is 0 Å². The first-order valence-electron chi connectivity index (χ1n) is 9.77. The Morgan fingerprint density at radius 2 is 1.32 bits per heavy atom. The van der Waals surface area contributed by atoms with E-state index in [2.05, 4.69) is 0 Å². The zero-order valence-corrected chi connectivity index (χ0v) is 16.0. The lowest BCUT2D eigenvalue weighted by molar-refractivity contribution is 0.0632. The van der Waals surface area contributed by atoms with Gasteiger partial charge in [-0.05, 0) is 37.5 Å². The monoisotopic (exact) mass is 384 g/mol. The third-order valence-corrected chi connectivity index (χ3v) is 5.80. The van der Waals surface area contributed by atoms with Crippen LogP contribution in [0, 0.1) is 0 Å². The summed E-state index contributed by atoms with van der Waals surface area (Å²) in [5.41, 5.74) is 1.00. The molecule has 1 aromatic rings. The number of urea groups is 1. The summed E-state index contributed by atoms with van der Waals surface area (Å²) in [4.78, 5) is 56.1. The van der Waals surface area contributed by atoms with Crippen LogP contribution in [-0.2, 0) is 0 Å². The van der Waals surface area contributed by atoms with Crippen LogP contribution in [0.15, 0.2) is 18.2 Å². The van der Waals surface area contributed by atoms with Crippen LogP contribution in [0.3, 0.4) is 0 Å². The van der Waals surface area contributed by atoms with E-state index in [1.807, 2.05) is 9.80 Å². The van der Waals surface area contributed by atoms with E-state index >= 15 is 0 Å². The molecule has 0 saturated carbocycles. The zero-order valence-electron chi connectivity index (χ0n) is 16.0. The number of carbonyl (C=O) groups excluding carboxylic acids is 4. The van der Waals surface area contributed by atoms with Crippen molar-refractivity contribution in [3.63, 3.8) is 0 Å². The number of likely N-dealkylation sites (tertiary alicyclic amines) is 1. The third kappa shape index (κ3) is 3.12. The van der Waals surface area contributed by atoms with Crippen molar-refractivity contribution in [3.8, 4) is 0 Å². The van der Waals surface area contributed by atoms with Crippen LogP contribution in [0.5, 0.6) is 0 Å². The molecule has 8 nitrogen and oxygen atoms in total. The van der Waals surface area contributed by atoms with Crippen LogP contribution >= 0.6 is 0 Å². The molecule has 28 heavy (non-hydrogen) atoms. The third-order valence-electron chi connectivity index (χ3n) is 5.80. The van der Waals surface area contributed by atoms with Gasteiger partial charge in [0, 0.05) is 51.9 Å². The summed E-state index contributed by atoms with van der Waals surface area (Å²) < 4.78 is 0. The van der Waals surface area contributed by atoms with Crippen LogP contribution in [0.4, 0.5) is 4.79 Å². The summed E-state index contributed by atoms with van der Waals surface area (Å²) in [7, 11) is 1.44. The van der Waals surface area contributed by atoms with Crippen molar-refractivity contribution in [3.05, 3.63) is 34.9 Å². The second kappa shape index (κ2) is 7.26. The minimum Gasteiger partial charge on any atom is -0.335 e. The number of piperidine rings is 1. The molecule has 3 aliphatic heterocycles. The fourth-order valence-electron chi connectivity index (χ4n) is 4.06. The second-order valence-electron chi connectivity index (χ2n) is 7.54. The van der Waals surface area contributed by atoms with Gasteiger partial charge < -0.3 is 14.7 Å².